The predicted molar refractivity (Wildman–Crippen MR) is 63.9 cm³/mol. The molecule has 0 unspecified atom stereocenters. The Kier molecular flexibility index (Phi) is 3.93. The molecule has 0 aliphatic rings. The topological polar surface area (TPSA) is 83.5 Å². The minimum atomic E-state index is -3.85. The van der Waals surface area contributed by atoms with Gasteiger partial charge in [-0.1, -0.05) is 6.07 Å². The monoisotopic (exact) mass is 307 g/mol. The van der Waals surface area contributed by atoms with E-state index in [1.807, 2.05) is 0 Å². The Labute approximate surface area is 102 Å². The van der Waals surface area contributed by atoms with Crippen LogP contribution in [0.15, 0.2) is 22.7 Å². The number of hydrogen-bond acceptors (Lipinski definition) is 3. The molecule has 7 heteroatoms. The summed E-state index contributed by atoms with van der Waals surface area (Å²) < 4.78 is 25.5. The number of benzene rings is 1. The molecule has 1 aromatic carbocycles. The standard InChI is InChI=1S/C9H10BrNO4S/c1-6-2-3-7(10)8(4-6)11-16(14,15)5-9(12)13/h2-4,11H,5H2,1H3,(H,12,13). The molecule has 5 nitrogen and oxygen atoms in total. The van der Waals surface area contributed by atoms with E-state index in [9.17, 15) is 13.2 Å². The molecule has 0 aliphatic heterocycles. The second kappa shape index (κ2) is 4.84. The van der Waals surface area contributed by atoms with Crippen LogP contribution in [0.25, 0.3) is 0 Å². The maximum atomic E-state index is 11.4. The minimum absolute atomic E-state index is 0.334. The van der Waals surface area contributed by atoms with Gasteiger partial charge in [0.25, 0.3) is 0 Å². The van der Waals surface area contributed by atoms with Gasteiger partial charge >= 0.3 is 5.97 Å². The van der Waals surface area contributed by atoms with Gasteiger partial charge in [0.1, 0.15) is 0 Å². The van der Waals surface area contributed by atoms with Crippen LogP contribution in [0.3, 0.4) is 0 Å². The minimum Gasteiger partial charge on any atom is -0.480 e. The molecule has 0 aliphatic carbocycles. The molecule has 0 fully saturated rings. The van der Waals surface area contributed by atoms with Crippen LogP contribution >= 0.6 is 15.9 Å². The molecule has 0 radical (unpaired) electrons. The Morgan fingerprint density at radius 3 is 2.69 bits per heavy atom. The summed E-state index contributed by atoms with van der Waals surface area (Å²) in [7, 11) is -3.85. The quantitative estimate of drug-likeness (QED) is 0.884. The van der Waals surface area contributed by atoms with Crippen LogP contribution in [-0.2, 0) is 14.8 Å². The fourth-order valence-electron chi connectivity index (χ4n) is 1.08. The van der Waals surface area contributed by atoms with E-state index < -0.39 is 21.7 Å². The number of carboxylic acids is 1. The Morgan fingerprint density at radius 2 is 2.12 bits per heavy atom. The maximum absolute atomic E-state index is 11.4. The van der Waals surface area contributed by atoms with Crippen LogP contribution in [-0.4, -0.2) is 25.2 Å². The van der Waals surface area contributed by atoms with Gasteiger partial charge in [0, 0.05) is 4.47 Å². The van der Waals surface area contributed by atoms with Crippen molar-refractivity contribution in [3.8, 4) is 0 Å². The zero-order valence-electron chi connectivity index (χ0n) is 8.40. The molecular weight excluding hydrogens is 298 g/mol. The van der Waals surface area contributed by atoms with Crippen LogP contribution < -0.4 is 4.72 Å². The maximum Gasteiger partial charge on any atom is 0.320 e. The zero-order chi connectivity index (χ0) is 12.3. The Balaban J connectivity index is 2.96. The van der Waals surface area contributed by atoms with Crippen molar-refractivity contribution in [2.45, 2.75) is 6.92 Å². The second-order valence-electron chi connectivity index (χ2n) is 3.24. The number of sulfonamides is 1. The van der Waals surface area contributed by atoms with Gasteiger partial charge in [-0.05, 0) is 40.5 Å². The summed E-state index contributed by atoms with van der Waals surface area (Å²) >= 11 is 3.17. The van der Waals surface area contributed by atoms with E-state index in [0.29, 0.717) is 10.2 Å². The third-order valence-corrected chi connectivity index (χ3v) is 3.55. The fraction of sp³-hybridized carbons (Fsp3) is 0.222. The number of aliphatic carboxylic acids is 1. The van der Waals surface area contributed by atoms with E-state index >= 15 is 0 Å². The predicted octanol–water partition coefficient (Wildman–Crippen LogP) is 1.58. The molecule has 0 aromatic heterocycles. The highest BCUT2D eigenvalue weighted by Gasteiger charge is 2.16. The van der Waals surface area contributed by atoms with E-state index in [1.165, 1.54) is 0 Å². The van der Waals surface area contributed by atoms with Crippen LogP contribution in [0.4, 0.5) is 5.69 Å². The first-order chi connectivity index (χ1) is 7.30. The van der Waals surface area contributed by atoms with E-state index in [1.54, 1.807) is 25.1 Å². The molecule has 0 bridgehead atoms. The van der Waals surface area contributed by atoms with E-state index in [4.69, 9.17) is 5.11 Å². The molecule has 0 amide bonds. The lowest BCUT2D eigenvalue weighted by Crippen LogP contribution is -2.22. The summed E-state index contributed by atoms with van der Waals surface area (Å²) in [6, 6.07) is 5.11. The molecule has 0 saturated heterocycles. The molecular formula is C9H10BrNO4S. The van der Waals surface area contributed by atoms with Gasteiger partial charge in [0.05, 0.1) is 5.69 Å². The number of aryl methyl sites for hydroxylation is 1. The molecule has 0 heterocycles. The Morgan fingerprint density at radius 1 is 1.50 bits per heavy atom. The lowest BCUT2D eigenvalue weighted by Gasteiger charge is -2.08. The van der Waals surface area contributed by atoms with Gasteiger partial charge in [-0.15, -0.1) is 0 Å². The van der Waals surface area contributed by atoms with Crippen LogP contribution in [0, 0.1) is 6.92 Å². The molecule has 2 N–H and O–H groups in total. The summed E-state index contributed by atoms with van der Waals surface area (Å²) in [4.78, 5) is 10.3. The Bertz CT molecular complexity index is 512. The van der Waals surface area contributed by atoms with Crippen molar-refractivity contribution < 1.29 is 18.3 Å². The number of anilines is 1. The van der Waals surface area contributed by atoms with Crippen molar-refractivity contribution in [2.75, 3.05) is 10.5 Å². The van der Waals surface area contributed by atoms with Crippen molar-refractivity contribution in [3.63, 3.8) is 0 Å². The number of hydrogen-bond donors (Lipinski definition) is 2. The summed E-state index contributed by atoms with van der Waals surface area (Å²) in [5, 5.41) is 8.42. The number of halogens is 1. The van der Waals surface area contributed by atoms with Crippen LogP contribution in [0.2, 0.25) is 0 Å². The van der Waals surface area contributed by atoms with Gasteiger partial charge in [-0.25, -0.2) is 8.42 Å². The summed E-state index contributed by atoms with van der Waals surface area (Å²) in [5.74, 6) is -2.34. The average Bonchev–Trinajstić information content (AvgIpc) is 2.08. The van der Waals surface area contributed by atoms with Crippen LogP contribution in [0.1, 0.15) is 5.56 Å². The number of nitrogens with one attached hydrogen (secondary N) is 1. The van der Waals surface area contributed by atoms with Gasteiger partial charge in [0.15, 0.2) is 5.75 Å². The average molecular weight is 308 g/mol. The second-order valence-corrected chi connectivity index (χ2v) is 5.81. The first-order valence-electron chi connectivity index (χ1n) is 4.28. The Hall–Kier alpha value is -1.08. The van der Waals surface area contributed by atoms with Crippen LogP contribution in [0.5, 0.6) is 0 Å². The lowest BCUT2D eigenvalue weighted by atomic mass is 10.2. The van der Waals surface area contributed by atoms with Crippen molar-refractivity contribution >= 4 is 37.6 Å². The van der Waals surface area contributed by atoms with Gasteiger partial charge in [-0.3, -0.25) is 9.52 Å². The first-order valence-corrected chi connectivity index (χ1v) is 6.73. The number of carboxylic acid groups (broad SMARTS) is 1. The molecule has 0 atom stereocenters. The summed E-state index contributed by atoms with van der Waals surface area (Å²) in [6.07, 6.45) is 0. The van der Waals surface area contributed by atoms with Crippen molar-refractivity contribution in [1.82, 2.24) is 0 Å². The highest BCUT2D eigenvalue weighted by atomic mass is 79.9. The zero-order valence-corrected chi connectivity index (χ0v) is 10.8. The van der Waals surface area contributed by atoms with E-state index in [-0.39, 0.29) is 0 Å². The SMILES string of the molecule is Cc1ccc(Br)c(NS(=O)(=O)CC(=O)O)c1. The summed E-state index contributed by atoms with van der Waals surface area (Å²) in [5.41, 5.74) is 1.21. The summed E-state index contributed by atoms with van der Waals surface area (Å²) in [6.45, 7) is 1.81. The van der Waals surface area contributed by atoms with Crippen molar-refractivity contribution in [1.29, 1.82) is 0 Å². The van der Waals surface area contributed by atoms with E-state index in [0.717, 1.165) is 5.56 Å². The van der Waals surface area contributed by atoms with Gasteiger partial charge in [0.2, 0.25) is 10.0 Å². The van der Waals surface area contributed by atoms with Gasteiger partial charge in [-0.2, -0.15) is 0 Å². The molecule has 1 rings (SSSR count). The number of rotatable bonds is 4. The third kappa shape index (κ3) is 3.82. The van der Waals surface area contributed by atoms with Gasteiger partial charge < -0.3 is 5.11 Å². The molecule has 0 spiro atoms. The molecule has 88 valence electrons. The lowest BCUT2D eigenvalue weighted by molar-refractivity contribution is -0.134. The molecule has 0 saturated carbocycles. The number of carbonyl (C=O) groups is 1. The van der Waals surface area contributed by atoms with Crippen molar-refractivity contribution in [2.24, 2.45) is 0 Å². The largest absolute Gasteiger partial charge is 0.480 e. The smallest absolute Gasteiger partial charge is 0.320 e. The normalized spacial score (nSPS) is 11.1. The molecule has 1 aromatic rings. The fourth-order valence-corrected chi connectivity index (χ4v) is 2.46. The molecule has 16 heavy (non-hydrogen) atoms. The first kappa shape index (κ1) is 13.0. The third-order valence-electron chi connectivity index (χ3n) is 1.70. The van der Waals surface area contributed by atoms with Crippen molar-refractivity contribution in [3.05, 3.63) is 28.2 Å². The highest BCUT2D eigenvalue weighted by Crippen LogP contribution is 2.24. The van der Waals surface area contributed by atoms with E-state index in [2.05, 4.69) is 20.7 Å². The highest BCUT2D eigenvalue weighted by molar-refractivity contribution is 9.10.